The molecule has 0 aliphatic carbocycles. The van der Waals surface area contributed by atoms with Crippen LogP contribution in [0.5, 0.6) is 0 Å². The summed E-state index contributed by atoms with van der Waals surface area (Å²) < 4.78 is 30.9. The zero-order valence-electron chi connectivity index (χ0n) is 11.7. The van der Waals surface area contributed by atoms with Crippen LogP contribution in [0.15, 0.2) is 0 Å². The zero-order chi connectivity index (χ0) is 15.6. The zero-order valence-corrected chi connectivity index (χ0v) is 12.5. The fourth-order valence-corrected chi connectivity index (χ4v) is 3.02. The predicted octanol–water partition coefficient (Wildman–Crippen LogP) is 1.76. The van der Waals surface area contributed by atoms with E-state index in [4.69, 9.17) is 9.81 Å². The van der Waals surface area contributed by atoms with Gasteiger partial charge in [-0.15, -0.1) is 0 Å². The standard InChI is InChI=1S/C12H24O7S/c1-2-11(20(16,17)18)10(13)8-6-4-3-5-7-9-12(14)19-15/h10-11,13,15H,2-9H2,1H3,(H,16,17,18). The fraction of sp³-hybridized carbons (Fsp3) is 0.917. The third-order valence-electron chi connectivity index (χ3n) is 3.20. The molecule has 0 amide bonds. The molecule has 120 valence electrons. The first kappa shape index (κ1) is 19.3. The smallest absolute Gasteiger partial charge is 0.342 e. The lowest BCUT2D eigenvalue weighted by Gasteiger charge is -2.18. The van der Waals surface area contributed by atoms with E-state index in [9.17, 15) is 18.3 Å². The molecule has 0 saturated heterocycles. The van der Waals surface area contributed by atoms with Crippen molar-refractivity contribution in [2.24, 2.45) is 0 Å². The summed E-state index contributed by atoms with van der Waals surface area (Å²) in [6.45, 7) is 1.60. The number of carbonyl (C=O) groups excluding carboxylic acids is 1. The van der Waals surface area contributed by atoms with Gasteiger partial charge in [-0.2, -0.15) is 13.7 Å². The summed E-state index contributed by atoms with van der Waals surface area (Å²) in [6, 6.07) is 0. The molecule has 0 aliphatic heterocycles. The molecule has 0 heterocycles. The number of rotatable bonds is 11. The van der Waals surface area contributed by atoms with E-state index in [1.165, 1.54) is 0 Å². The Balaban J connectivity index is 3.72. The van der Waals surface area contributed by atoms with E-state index in [0.29, 0.717) is 19.3 Å². The Bertz CT molecular complexity index is 366. The highest BCUT2D eigenvalue weighted by molar-refractivity contribution is 7.86. The van der Waals surface area contributed by atoms with Crippen molar-refractivity contribution < 1.29 is 33.0 Å². The van der Waals surface area contributed by atoms with Gasteiger partial charge in [0.25, 0.3) is 10.1 Å². The molecule has 8 heteroatoms. The molecule has 0 spiro atoms. The van der Waals surface area contributed by atoms with Crippen LogP contribution >= 0.6 is 0 Å². The summed E-state index contributed by atoms with van der Waals surface area (Å²) in [6.07, 6.45) is 3.30. The van der Waals surface area contributed by atoms with Crippen molar-refractivity contribution >= 4 is 16.1 Å². The summed E-state index contributed by atoms with van der Waals surface area (Å²) in [4.78, 5) is 14.1. The second-order valence-electron chi connectivity index (χ2n) is 4.80. The first-order chi connectivity index (χ1) is 9.32. The van der Waals surface area contributed by atoms with Crippen LogP contribution in [-0.2, 0) is 19.8 Å². The molecule has 2 atom stereocenters. The normalized spacial score (nSPS) is 14.8. The minimum atomic E-state index is -4.20. The molecule has 0 radical (unpaired) electrons. The van der Waals surface area contributed by atoms with Gasteiger partial charge in [-0.05, 0) is 19.3 Å². The van der Waals surface area contributed by atoms with Crippen molar-refractivity contribution in [2.45, 2.75) is 69.6 Å². The second-order valence-corrected chi connectivity index (χ2v) is 6.43. The maximum Gasteiger partial charge on any atom is 0.342 e. The number of carbonyl (C=O) groups is 1. The van der Waals surface area contributed by atoms with Crippen molar-refractivity contribution in [1.29, 1.82) is 0 Å². The van der Waals surface area contributed by atoms with Crippen LogP contribution in [-0.4, -0.2) is 40.7 Å². The molecule has 3 N–H and O–H groups in total. The fourth-order valence-electron chi connectivity index (χ4n) is 2.07. The van der Waals surface area contributed by atoms with Gasteiger partial charge in [0.1, 0.15) is 5.25 Å². The van der Waals surface area contributed by atoms with Crippen LogP contribution in [0.2, 0.25) is 0 Å². The Kier molecular flexibility index (Phi) is 9.74. The Labute approximate surface area is 119 Å². The highest BCUT2D eigenvalue weighted by Gasteiger charge is 2.28. The van der Waals surface area contributed by atoms with Gasteiger partial charge in [0.05, 0.1) is 6.10 Å². The average molecular weight is 312 g/mol. The molecular formula is C12H24O7S. The number of hydrogen-bond donors (Lipinski definition) is 3. The minimum absolute atomic E-state index is 0.166. The van der Waals surface area contributed by atoms with Crippen LogP contribution in [0.25, 0.3) is 0 Å². The lowest BCUT2D eigenvalue weighted by Crippen LogP contribution is -2.33. The lowest BCUT2D eigenvalue weighted by molar-refractivity contribution is -0.234. The van der Waals surface area contributed by atoms with Crippen molar-refractivity contribution in [1.82, 2.24) is 0 Å². The first-order valence-corrected chi connectivity index (χ1v) is 8.31. The lowest BCUT2D eigenvalue weighted by atomic mass is 10.0. The van der Waals surface area contributed by atoms with E-state index in [0.717, 1.165) is 19.3 Å². The highest BCUT2D eigenvalue weighted by Crippen LogP contribution is 2.16. The van der Waals surface area contributed by atoms with E-state index in [1.807, 2.05) is 0 Å². The molecule has 0 saturated carbocycles. The van der Waals surface area contributed by atoms with Crippen molar-refractivity contribution in [3.8, 4) is 0 Å². The first-order valence-electron chi connectivity index (χ1n) is 6.81. The molecule has 0 fully saturated rings. The maximum absolute atomic E-state index is 11.0. The van der Waals surface area contributed by atoms with Gasteiger partial charge in [0.2, 0.25) is 0 Å². The summed E-state index contributed by atoms with van der Waals surface area (Å²) in [5, 5.41) is 16.6. The molecule has 7 nitrogen and oxygen atoms in total. The number of unbranched alkanes of at least 4 members (excludes halogenated alkanes) is 4. The van der Waals surface area contributed by atoms with Crippen LogP contribution < -0.4 is 0 Å². The largest absolute Gasteiger partial charge is 0.392 e. The maximum atomic E-state index is 11.0. The molecule has 0 aromatic heterocycles. The van der Waals surface area contributed by atoms with Crippen LogP contribution in [0.3, 0.4) is 0 Å². The topological polar surface area (TPSA) is 121 Å². The summed E-state index contributed by atoms with van der Waals surface area (Å²) in [7, 11) is -4.20. The number of hydrogen-bond acceptors (Lipinski definition) is 6. The Hall–Kier alpha value is -0.700. The van der Waals surface area contributed by atoms with Crippen molar-refractivity contribution in [3.05, 3.63) is 0 Å². The van der Waals surface area contributed by atoms with Crippen LogP contribution in [0.1, 0.15) is 58.3 Å². The third-order valence-corrected chi connectivity index (χ3v) is 4.61. The minimum Gasteiger partial charge on any atom is -0.392 e. The molecule has 0 aromatic carbocycles. The number of aliphatic hydroxyl groups excluding tert-OH is 1. The SMILES string of the molecule is CCC(C(O)CCCCCCCC(=O)OO)S(=O)(=O)O. The number of aliphatic hydroxyl groups is 1. The summed E-state index contributed by atoms with van der Waals surface area (Å²) in [5.41, 5.74) is 0. The molecule has 2 unspecified atom stereocenters. The quantitative estimate of drug-likeness (QED) is 0.230. The molecule has 0 bridgehead atoms. The van der Waals surface area contributed by atoms with E-state index < -0.39 is 27.4 Å². The van der Waals surface area contributed by atoms with E-state index in [-0.39, 0.29) is 12.8 Å². The molecular weight excluding hydrogens is 288 g/mol. The van der Waals surface area contributed by atoms with Gasteiger partial charge in [0, 0.05) is 6.42 Å². The average Bonchev–Trinajstić information content (AvgIpc) is 2.36. The Morgan fingerprint density at radius 2 is 1.70 bits per heavy atom. The van der Waals surface area contributed by atoms with Gasteiger partial charge < -0.3 is 9.99 Å². The second kappa shape index (κ2) is 10.1. The third kappa shape index (κ3) is 8.47. The van der Waals surface area contributed by atoms with Gasteiger partial charge in [0.15, 0.2) is 0 Å². The Morgan fingerprint density at radius 3 is 2.20 bits per heavy atom. The summed E-state index contributed by atoms with van der Waals surface area (Å²) in [5.74, 6) is -0.653. The van der Waals surface area contributed by atoms with Gasteiger partial charge in [-0.3, -0.25) is 4.55 Å². The molecule has 0 aromatic rings. The van der Waals surface area contributed by atoms with E-state index in [1.54, 1.807) is 6.92 Å². The predicted molar refractivity (Wildman–Crippen MR) is 72.7 cm³/mol. The van der Waals surface area contributed by atoms with Gasteiger partial charge in [-0.25, -0.2) is 4.79 Å². The van der Waals surface area contributed by atoms with Crippen LogP contribution in [0, 0.1) is 0 Å². The van der Waals surface area contributed by atoms with Crippen molar-refractivity contribution in [3.63, 3.8) is 0 Å². The molecule has 20 heavy (non-hydrogen) atoms. The molecule has 0 aliphatic rings. The van der Waals surface area contributed by atoms with E-state index >= 15 is 0 Å². The molecule has 0 rings (SSSR count). The van der Waals surface area contributed by atoms with E-state index in [2.05, 4.69) is 4.89 Å². The van der Waals surface area contributed by atoms with Gasteiger partial charge >= 0.3 is 5.97 Å². The highest BCUT2D eigenvalue weighted by atomic mass is 32.2. The summed E-state index contributed by atoms with van der Waals surface area (Å²) >= 11 is 0. The Morgan fingerprint density at radius 1 is 1.15 bits per heavy atom. The van der Waals surface area contributed by atoms with Gasteiger partial charge in [-0.1, -0.05) is 32.6 Å². The van der Waals surface area contributed by atoms with Crippen LogP contribution in [0.4, 0.5) is 0 Å². The monoisotopic (exact) mass is 312 g/mol. The van der Waals surface area contributed by atoms with Crippen molar-refractivity contribution in [2.75, 3.05) is 0 Å².